The van der Waals surface area contributed by atoms with Crippen LogP contribution in [-0.2, 0) is 11.2 Å². The van der Waals surface area contributed by atoms with Crippen LogP contribution in [-0.4, -0.2) is 31.1 Å². The van der Waals surface area contributed by atoms with Crippen LogP contribution in [0.1, 0.15) is 44.6 Å². The van der Waals surface area contributed by atoms with Crippen molar-refractivity contribution in [3.05, 3.63) is 29.8 Å². The van der Waals surface area contributed by atoms with Crippen LogP contribution in [0, 0.1) is 5.92 Å². The van der Waals surface area contributed by atoms with Gasteiger partial charge in [-0.15, -0.1) is 12.4 Å². The van der Waals surface area contributed by atoms with E-state index in [0.29, 0.717) is 37.6 Å². The van der Waals surface area contributed by atoms with Crippen LogP contribution in [0.3, 0.4) is 0 Å². The van der Waals surface area contributed by atoms with Gasteiger partial charge in [-0.25, -0.2) is 0 Å². The second-order valence-corrected chi connectivity index (χ2v) is 6.82. The minimum atomic E-state index is 0. The van der Waals surface area contributed by atoms with Crippen LogP contribution in [0.2, 0.25) is 0 Å². The molecule has 0 aliphatic carbocycles. The van der Waals surface area contributed by atoms with Crippen LogP contribution < -0.4 is 15.4 Å². The Morgan fingerprint density at radius 1 is 1.25 bits per heavy atom. The van der Waals surface area contributed by atoms with Gasteiger partial charge in [0.1, 0.15) is 5.75 Å². The predicted molar refractivity (Wildman–Crippen MR) is 98.9 cm³/mol. The van der Waals surface area contributed by atoms with E-state index in [1.165, 1.54) is 12.8 Å². The number of carbonyl (C=O) groups is 1. The summed E-state index contributed by atoms with van der Waals surface area (Å²) in [5, 5.41) is 6.71. The molecule has 2 N–H and O–H groups in total. The van der Waals surface area contributed by atoms with Gasteiger partial charge >= 0.3 is 0 Å². The van der Waals surface area contributed by atoms with E-state index in [2.05, 4.69) is 16.7 Å². The van der Waals surface area contributed by atoms with Crippen LogP contribution in [0.15, 0.2) is 24.3 Å². The van der Waals surface area contributed by atoms with Gasteiger partial charge in [0.2, 0.25) is 5.91 Å². The average molecular weight is 353 g/mol. The van der Waals surface area contributed by atoms with E-state index < -0.39 is 0 Å². The summed E-state index contributed by atoms with van der Waals surface area (Å²) in [6.45, 7) is 3.34. The zero-order valence-corrected chi connectivity index (χ0v) is 15.2. The fourth-order valence-corrected chi connectivity index (χ4v) is 4.02. The number of hydrogen-bond acceptors (Lipinski definition) is 3. The minimum Gasteiger partial charge on any atom is -0.494 e. The Morgan fingerprint density at radius 3 is 2.67 bits per heavy atom. The lowest BCUT2D eigenvalue weighted by Gasteiger charge is -2.28. The first kappa shape index (κ1) is 19.1. The van der Waals surface area contributed by atoms with Gasteiger partial charge in [0, 0.05) is 25.0 Å². The molecule has 5 heteroatoms. The van der Waals surface area contributed by atoms with E-state index in [1.807, 2.05) is 25.1 Å². The van der Waals surface area contributed by atoms with Crippen molar-refractivity contribution in [1.82, 2.24) is 10.6 Å². The smallest absolute Gasteiger partial charge is 0.220 e. The Labute approximate surface area is 151 Å². The summed E-state index contributed by atoms with van der Waals surface area (Å²) >= 11 is 0. The molecular weight excluding hydrogens is 324 g/mol. The van der Waals surface area contributed by atoms with Crippen molar-refractivity contribution < 1.29 is 9.53 Å². The maximum Gasteiger partial charge on any atom is 0.220 e. The molecule has 2 atom stereocenters. The average Bonchev–Trinajstić information content (AvgIpc) is 2.88. The van der Waals surface area contributed by atoms with Gasteiger partial charge < -0.3 is 15.4 Å². The Morgan fingerprint density at radius 2 is 1.96 bits per heavy atom. The summed E-state index contributed by atoms with van der Waals surface area (Å²) in [5.74, 6) is 1.69. The number of fused-ring (bicyclic) bond motifs is 2. The zero-order chi connectivity index (χ0) is 16.1. The number of rotatable bonds is 7. The molecule has 2 aliphatic rings. The van der Waals surface area contributed by atoms with Crippen molar-refractivity contribution in [1.29, 1.82) is 0 Å². The number of amides is 1. The Balaban J connectivity index is 0.00000208. The topological polar surface area (TPSA) is 50.4 Å². The standard InChI is InChI=1S/C19H28N2O2.ClH/c1-2-23-18-6-4-3-5-15(18)9-10-20-19(22)13-14-11-16-7-8-17(12-14)21-16;/h3-6,14,16-17,21H,2,7-13H2,1H3,(H,20,22);1H. The molecule has 134 valence electrons. The first-order valence-corrected chi connectivity index (χ1v) is 8.98. The molecule has 2 saturated heterocycles. The molecule has 0 radical (unpaired) electrons. The molecule has 0 spiro atoms. The van der Waals surface area contributed by atoms with E-state index in [0.717, 1.165) is 30.6 Å². The molecule has 1 amide bonds. The fourth-order valence-electron chi connectivity index (χ4n) is 4.02. The van der Waals surface area contributed by atoms with E-state index >= 15 is 0 Å². The molecule has 1 aromatic rings. The SMILES string of the molecule is CCOc1ccccc1CCNC(=O)CC1CC2CCC(C1)N2.Cl. The lowest BCUT2D eigenvalue weighted by molar-refractivity contribution is -0.122. The summed E-state index contributed by atoms with van der Waals surface area (Å²) in [6, 6.07) is 9.38. The highest BCUT2D eigenvalue weighted by atomic mass is 35.5. The zero-order valence-electron chi connectivity index (χ0n) is 14.4. The normalized spacial score (nSPS) is 25.0. The molecule has 2 bridgehead atoms. The fraction of sp³-hybridized carbons (Fsp3) is 0.632. The van der Waals surface area contributed by atoms with Crippen LogP contribution in [0.4, 0.5) is 0 Å². The lowest BCUT2D eigenvalue weighted by atomic mass is 9.89. The molecule has 2 heterocycles. The van der Waals surface area contributed by atoms with Crippen LogP contribution >= 0.6 is 12.4 Å². The summed E-state index contributed by atoms with van der Waals surface area (Å²) < 4.78 is 5.63. The van der Waals surface area contributed by atoms with Crippen molar-refractivity contribution in [2.45, 2.75) is 57.5 Å². The molecule has 4 nitrogen and oxygen atoms in total. The molecule has 2 fully saturated rings. The van der Waals surface area contributed by atoms with Gasteiger partial charge in [-0.2, -0.15) is 0 Å². The molecule has 2 aliphatic heterocycles. The maximum atomic E-state index is 12.2. The van der Waals surface area contributed by atoms with E-state index in [4.69, 9.17) is 4.74 Å². The molecule has 3 rings (SSSR count). The number of halogens is 1. The minimum absolute atomic E-state index is 0. The molecule has 24 heavy (non-hydrogen) atoms. The van der Waals surface area contributed by atoms with Gasteiger partial charge in [0.15, 0.2) is 0 Å². The van der Waals surface area contributed by atoms with Crippen molar-refractivity contribution in [2.24, 2.45) is 5.92 Å². The van der Waals surface area contributed by atoms with Crippen LogP contribution in [0.25, 0.3) is 0 Å². The van der Waals surface area contributed by atoms with Gasteiger partial charge in [-0.05, 0) is 56.6 Å². The Hall–Kier alpha value is -1.26. The van der Waals surface area contributed by atoms with Crippen LogP contribution in [0.5, 0.6) is 5.75 Å². The number of piperidine rings is 1. The summed E-state index contributed by atoms with van der Waals surface area (Å²) in [4.78, 5) is 12.2. The first-order chi connectivity index (χ1) is 11.2. The van der Waals surface area contributed by atoms with Gasteiger partial charge in [-0.1, -0.05) is 18.2 Å². The second kappa shape index (κ2) is 9.28. The molecule has 0 saturated carbocycles. The Bertz CT molecular complexity index is 526. The highest BCUT2D eigenvalue weighted by Crippen LogP contribution is 2.32. The van der Waals surface area contributed by atoms with Gasteiger partial charge in [0.05, 0.1) is 6.61 Å². The number of para-hydroxylation sites is 1. The number of benzene rings is 1. The number of ether oxygens (including phenoxy) is 1. The summed E-state index contributed by atoms with van der Waals surface area (Å²) in [5.41, 5.74) is 1.16. The summed E-state index contributed by atoms with van der Waals surface area (Å²) in [6.07, 6.45) is 6.41. The lowest BCUT2D eigenvalue weighted by Crippen LogP contribution is -2.39. The molecule has 2 unspecified atom stereocenters. The van der Waals surface area contributed by atoms with E-state index in [-0.39, 0.29) is 18.3 Å². The maximum absolute atomic E-state index is 12.2. The number of hydrogen-bond donors (Lipinski definition) is 2. The first-order valence-electron chi connectivity index (χ1n) is 8.98. The van der Waals surface area contributed by atoms with Crippen molar-refractivity contribution in [3.63, 3.8) is 0 Å². The highest BCUT2D eigenvalue weighted by Gasteiger charge is 2.34. The molecule has 1 aromatic carbocycles. The number of carbonyl (C=O) groups excluding carboxylic acids is 1. The highest BCUT2D eigenvalue weighted by molar-refractivity contribution is 5.85. The predicted octanol–water partition coefficient (Wildman–Crippen LogP) is 3.09. The third-order valence-corrected chi connectivity index (χ3v) is 5.03. The van der Waals surface area contributed by atoms with E-state index in [9.17, 15) is 4.79 Å². The van der Waals surface area contributed by atoms with E-state index in [1.54, 1.807) is 0 Å². The van der Waals surface area contributed by atoms with Crippen molar-refractivity contribution in [3.8, 4) is 5.75 Å². The quantitative estimate of drug-likeness (QED) is 0.792. The monoisotopic (exact) mass is 352 g/mol. The van der Waals surface area contributed by atoms with Crippen molar-refractivity contribution >= 4 is 18.3 Å². The number of nitrogens with one attached hydrogen (secondary N) is 2. The third-order valence-electron chi connectivity index (χ3n) is 5.03. The van der Waals surface area contributed by atoms with Gasteiger partial charge in [0.25, 0.3) is 0 Å². The molecule has 0 aromatic heterocycles. The Kier molecular flexibility index (Phi) is 7.38. The third kappa shape index (κ3) is 5.12. The summed E-state index contributed by atoms with van der Waals surface area (Å²) in [7, 11) is 0. The second-order valence-electron chi connectivity index (χ2n) is 6.82. The van der Waals surface area contributed by atoms with Crippen molar-refractivity contribution in [2.75, 3.05) is 13.2 Å². The molecular formula is C19H29ClN2O2. The van der Waals surface area contributed by atoms with Gasteiger partial charge in [-0.3, -0.25) is 4.79 Å². The largest absolute Gasteiger partial charge is 0.494 e.